The third kappa shape index (κ3) is 3.16. The Labute approximate surface area is 114 Å². The Morgan fingerprint density at radius 3 is 2.95 bits per heavy atom. The zero-order chi connectivity index (χ0) is 13.8. The third-order valence-electron chi connectivity index (χ3n) is 3.68. The van der Waals surface area contributed by atoms with E-state index in [-0.39, 0.29) is 11.8 Å². The highest BCUT2D eigenvalue weighted by molar-refractivity contribution is 5.84. The van der Waals surface area contributed by atoms with Gasteiger partial charge in [-0.15, -0.1) is 0 Å². The second-order valence-electron chi connectivity index (χ2n) is 5.21. The summed E-state index contributed by atoms with van der Waals surface area (Å²) in [6.07, 6.45) is 3.79. The summed E-state index contributed by atoms with van der Waals surface area (Å²) in [4.78, 5) is 15.0. The van der Waals surface area contributed by atoms with Gasteiger partial charge in [0, 0.05) is 29.6 Å². The van der Waals surface area contributed by atoms with E-state index in [0.29, 0.717) is 6.54 Å². The zero-order valence-electron chi connectivity index (χ0n) is 11.9. The number of aromatic nitrogens is 1. The van der Waals surface area contributed by atoms with E-state index >= 15 is 0 Å². The first-order chi connectivity index (χ1) is 9.11. The Morgan fingerprint density at radius 1 is 1.42 bits per heavy atom. The fourth-order valence-corrected chi connectivity index (χ4v) is 2.18. The summed E-state index contributed by atoms with van der Waals surface area (Å²) < 4.78 is 0. The molecule has 0 aliphatic heterocycles. The van der Waals surface area contributed by atoms with Crippen molar-refractivity contribution >= 4 is 16.8 Å². The van der Waals surface area contributed by atoms with Crippen LogP contribution >= 0.6 is 0 Å². The van der Waals surface area contributed by atoms with E-state index in [0.717, 1.165) is 18.4 Å². The van der Waals surface area contributed by atoms with Gasteiger partial charge in [0.15, 0.2) is 0 Å². The molecule has 19 heavy (non-hydrogen) atoms. The number of hydrogen-bond acceptors (Lipinski definition) is 1. The van der Waals surface area contributed by atoms with Crippen LogP contribution < -0.4 is 5.32 Å². The zero-order valence-corrected chi connectivity index (χ0v) is 11.9. The molecule has 1 atom stereocenters. The summed E-state index contributed by atoms with van der Waals surface area (Å²) >= 11 is 0. The van der Waals surface area contributed by atoms with Crippen LogP contribution in [-0.4, -0.2) is 17.4 Å². The minimum absolute atomic E-state index is 0.102. The number of benzene rings is 1. The first-order valence-electron chi connectivity index (χ1n) is 6.96. The number of aromatic amines is 1. The molecule has 1 heterocycles. The molecule has 0 aliphatic carbocycles. The molecule has 2 aromatic rings. The van der Waals surface area contributed by atoms with Gasteiger partial charge < -0.3 is 10.3 Å². The molecule has 0 saturated heterocycles. The van der Waals surface area contributed by atoms with Crippen LogP contribution in [0.15, 0.2) is 24.4 Å². The maximum absolute atomic E-state index is 11.7. The summed E-state index contributed by atoms with van der Waals surface area (Å²) in [7, 11) is 0. The number of H-pyrrole nitrogens is 1. The predicted molar refractivity (Wildman–Crippen MR) is 79.2 cm³/mol. The summed E-state index contributed by atoms with van der Waals surface area (Å²) in [5.74, 6) is 0.253. The van der Waals surface area contributed by atoms with Gasteiger partial charge in [-0.2, -0.15) is 0 Å². The number of carbonyl (C=O) groups is 1. The van der Waals surface area contributed by atoms with Crippen LogP contribution in [0.5, 0.6) is 0 Å². The summed E-state index contributed by atoms with van der Waals surface area (Å²) in [6, 6.07) is 6.40. The Hall–Kier alpha value is -1.77. The molecule has 102 valence electrons. The van der Waals surface area contributed by atoms with Gasteiger partial charge in [0.1, 0.15) is 0 Å². The molecule has 0 spiro atoms. The molecular formula is C16H22N2O. The predicted octanol–water partition coefficient (Wildman–Crippen LogP) is 3.18. The summed E-state index contributed by atoms with van der Waals surface area (Å²) in [6.45, 7) is 6.79. The van der Waals surface area contributed by atoms with Gasteiger partial charge in [0.25, 0.3) is 0 Å². The third-order valence-corrected chi connectivity index (χ3v) is 3.68. The molecule has 2 rings (SSSR count). The van der Waals surface area contributed by atoms with E-state index in [1.807, 2.05) is 20.0 Å². The smallest absolute Gasteiger partial charge is 0.222 e. The van der Waals surface area contributed by atoms with Crippen molar-refractivity contribution in [3.05, 3.63) is 35.5 Å². The second-order valence-corrected chi connectivity index (χ2v) is 5.21. The van der Waals surface area contributed by atoms with Crippen molar-refractivity contribution in [1.29, 1.82) is 0 Å². The molecule has 0 saturated carbocycles. The van der Waals surface area contributed by atoms with Gasteiger partial charge in [-0.1, -0.05) is 25.5 Å². The van der Waals surface area contributed by atoms with Crippen LogP contribution in [0.1, 0.15) is 31.4 Å². The highest BCUT2D eigenvalue weighted by atomic mass is 16.1. The first-order valence-corrected chi connectivity index (χ1v) is 6.96. The number of hydrogen-bond donors (Lipinski definition) is 2. The largest absolute Gasteiger partial charge is 0.361 e. The Morgan fingerprint density at radius 2 is 2.21 bits per heavy atom. The number of rotatable bonds is 5. The average Bonchev–Trinajstić information content (AvgIpc) is 2.80. The Bertz CT molecular complexity index is 571. The number of aryl methyl sites for hydroxylation is 1. The van der Waals surface area contributed by atoms with Gasteiger partial charge in [0.05, 0.1) is 0 Å². The normalized spacial score (nSPS) is 12.6. The lowest BCUT2D eigenvalue weighted by molar-refractivity contribution is -0.124. The van der Waals surface area contributed by atoms with E-state index in [1.54, 1.807) is 0 Å². The topological polar surface area (TPSA) is 44.9 Å². The van der Waals surface area contributed by atoms with E-state index in [2.05, 4.69) is 35.4 Å². The van der Waals surface area contributed by atoms with Gasteiger partial charge in [-0.3, -0.25) is 4.79 Å². The molecule has 0 fully saturated rings. The minimum atomic E-state index is 0.102. The molecule has 0 radical (unpaired) electrons. The van der Waals surface area contributed by atoms with Crippen molar-refractivity contribution in [2.75, 3.05) is 6.54 Å². The molecule has 0 unspecified atom stereocenters. The van der Waals surface area contributed by atoms with Crippen LogP contribution in [0, 0.1) is 12.8 Å². The molecule has 0 bridgehead atoms. The lowest BCUT2D eigenvalue weighted by Crippen LogP contribution is -2.30. The van der Waals surface area contributed by atoms with Crippen molar-refractivity contribution in [3.8, 4) is 0 Å². The lowest BCUT2D eigenvalue weighted by atomic mass is 10.1. The van der Waals surface area contributed by atoms with Crippen LogP contribution in [0.2, 0.25) is 0 Å². The molecule has 0 aliphatic rings. The molecule has 3 heteroatoms. The van der Waals surface area contributed by atoms with Crippen molar-refractivity contribution in [2.45, 2.75) is 33.6 Å². The maximum atomic E-state index is 11.7. The molecule has 1 amide bonds. The standard InChI is InChI=1S/C16H22N2O/c1-4-12(3)16(19)17-8-7-13-10-18-15-6-5-11(2)9-14(13)15/h5-6,9-10,12,18H,4,7-8H2,1-3H3,(H,17,19)/t12-/m0/s1. The molecule has 2 N–H and O–H groups in total. The highest BCUT2D eigenvalue weighted by Gasteiger charge is 2.10. The average molecular weight is 258 g/mol. The first kappa shape index (κ1) is 13.7. The Balaban J connectivity index is 1.98. The van der Waals surface area contributed by atoms with Crippen LogP contribution in [0.25, 0.3) is 10.9 Å². The number of nitrogens with one attached hydrogen (secondary N) is 2. The highest BCUT2D eigenvalue weighted by Crippen LogP contribution is 2.19. The molecular weight excluding hydrogens is 236 g/mol. The van der Waals surface area contributed by atoms with E-state index < -0.39 is 0 Å². The fraction of sp³-hybridized carbons (Fsp3) is 0.438. The molecule has 1 aromatic carbocycles. The van der Waals surface area contributed by atoms with E-state index in [9.17, 15) is 4.79 Å². The minimum Gasteiger partial charge on any atom is -0.361 e. The van der Waals surface area contributed by atoms with Crippen molar-refractivity contribution in [2.24, 2.45) is 5.92 Å². The number of amides is 1. The van der Waals surface area contributed by atoms with Gasteiger partial charge in [-0.05, 0) is 37.5 Å². The Kier molecular flexibility index (Phi) is 4.25. The van der Waals surface area contributed by atoms with Crippen molar-refractivity contribution < 1.29 is 4.79 Å². The van der Waals surface area contributed by atoms with E-state index in [4.69, 9.17) is 0 Å². The quantitative estimate of drug-likeness (QED) is 0.850. The maximum Gasteiger partial charge on any atom is 0.222 e. The second kappa shape index (κ2) is 5.91. The van der Waals surface area contributed by atoms with Gasteiger partial charge in [-0.25, -0.2) is 0 Å². The summed E-state index contributed by atoms with van der Waals surface area (Å²) in [5, 5.41) is 4.26. The van der Waals surface area contributed by atoms with Crippen LogP contribution in [0.4, 0.5) is 0 Å². The SMILES string of the molecule is CC[C@H](C)C(=O)NCCc1c[nH]c2ccc(C)cc12. The van der Waals surface area contributed by atoms with Crippen molar-refractivity contribution in [3.63, 3.8) is 0 Å². The molecule has 3 nitrogen and oxygen atoms in total. The van der Waals surface area contributed by atoms with E-state index in [1.165, 1.54) is 16.5 Å². The number of carbonyl (C=O) groups excluding carboxylic acids is 1. The lowest BCUT2D eigenvalue weighted by Gasteiger charge is -2.09. The van der Waals surface area contributed by atoms with Crippen LogP contribution in [0.3, 0.4) is 0 Å². The fourth-order valence-electron chi connectivity index (χ4n) is 2.18. The molecule has 1 aromatic heterocycles. The van der Waals surface area contributed by atoms with Gasteiger partial charge >= 0.3 is 0 Å². The van der Waals surface area contributed by atoms with Crippen LogP contribution in [-0.2, 0) is 11.2 Å². The van der Waals surface area contributed by atoms with Crippen molar-refractivity contribution in [1.82, 2.24) is 10.3 Å². The van der Waals surface area contributed by atoms with Gasteiger partial charge in [0.2, 0.25) is 5.91 Å². The monoisotopic (exact) mass is 258 g/mol. The summed E-state index contributed by atoms with van der Waals surface area (Å²) in [5.41, 5.74) is 3.69. The number of fused-ring (bicyclic) bond motifs is 1.